The van der Waals surface area contributed by atoms with E-state index in [2.05, 4.69) is 72.7 Å². The molecule has 1 N–H and O–H groups in total. The van der Waals surface area contributed by atoms with Gasteiger partial charge in [0.2, 0.25) is 0 Å². The molecule has 0 spiro atoms. The van der Waals surface area contributed by atoms with Gasteiger partial charge in [-0.3, -0.25) is 4.98 Å². The topological polar surface area (TPSA) is 24.9 Å². The maximum atomic E-state index is 4.23. The van der Waals surface area contributed by atoms with Crippen LogP contribution in [0.15, 0.2) is 60.9 Å². The van der Waals surface area contributed by atoms with Crippen LogP contribution in [0.2, 0.25) is 0 Å². The number of aryl methyl sites for hydroxylation is 1. The Balaban J connectivity index is 2.16. The third-order valence-electron chi connectivity index (χ3n) is 3.81. The van der Waals surface area contributed by atoms with Crippen molar-refractivity contribution in [2.24, 2.45) is 0 Å². The molecular formula is C19H20N2. The first-order chi connectivity index (χ1) is 10.3. The maximum Gasteiger partial charge on any atom is 0.0582 e. The standard InChI is InChI=1S/C19H20N2/c1-3-21-19(15-7-4-6-14(2)12-15)18-9-5-8-16-13-20-11-10-17(16)18/h4-13,19,21H,3H2,1-2H3. The molecule has 0 saturated heterocycles. The Morgan fingerprint density at radius 1 is 1.10 bits per heavy atom. The zero-order valence-electron chi connectivity index (χ0n) is 12.5. The monoisotopic (exact) mass is 276 g/mol. The summed E-state index contributed by atoms with van der Waals surface area (Å²) in [5.41, 5.74) is 3.90. The van der Waals surface area contributed by atoms with Gasteiger partial charge in [-0.05, 0) is 36.0 Å². The predicted molar refractivity (Wildman–Crippen MR) is 88.4 cm³/mol. The highest BCUT2D eigenvalue weighted by Gasteiger charge is 2.15. The van der Waals surface area contributed by atoms with Crippen molar-refractivity contribution in [2.75, 3.05) is 6.54 Å². The van der Waals surface area contributed by atoms with E-state index < -0.39 is 0 Å². The fourth-order valence-electron chi connectivity index (χ4n) is 2.86. The van der Waals surface area contributed by atoms with Crippen molar-refractivity contribution in [1.29, 1.82) is 0 Å². The Bertz CT molecular complexity index is 744. The van der Waals surface area contributed by atoms with E-state index in [9.17, 15) is 0 Å². The first kappa shape index (κ1) is 13.8. The lowest BCUT2D eigenvalue weighted by Crippen LogP contribution is -2.22. The summed E-state index contributed by atoms with van der Waals surface area (Å²) in [4.78, 5) is 4.23. The van der Waals surface area contributed by atoms with Gasteiger partial charge in [0.1, 0.15) is 0 Å². The molecule has 106 valence electrons. The van der Waals surface area contributed by atoms with Crippen molar-refractivity contribution in [3.63, 3.8) is 0 Å². The van der Waals surface area contributed by atoms with Gasteiger partial charge in [-0.2, -0.15) is 0 Å². The highest BCUT2D eigenvalue weighted by molar-refractivity contribution is 5.85. The second-order valence-electron chi connectivity index (χ2n) is 5.35. The van der Waals surface area contributed by atoms with Crippen LogP contribution in [0.1, 0.15) is 29.7 Å². The number of fused-ring (bicyclic) bond motifs is 1. The summed E-state index contributed by atoms with van der Waals surface area (Å²) < 4.78 is 0. The van der Waals surface area contributed by atoms with Gasteiger partial charge in [-0.15, -0.1) is 0 Å². The number of rotatable bonds is 4. The van der Waals surface area contributed by atoms with Crippen molar-refractivity contribution in [1.82, 2.24) is 10.3 Å². The molecule has 0 aliphatic rings. The molecule has 0 aliphatic heterocycles. The van der Waals surface area contributed by atoms with Crippen LogP contribution >= 0.6 is 0 Å². The summed E-state index contributed by atoms with van der Waals surface area (Å²) in [6.45, 7) is 5.22. The third-order valence-corrected chi connectivity index (χ3v) is 3.81. The van der Waals surface area contributed by atoms with Crippen molar-refractivity contribution in [3.8, 4) is 0 Å². The summed E-state index contributed by atoms with van der Waals surface area (Å²) >= 11 is 0. The minimum atomic E-state index is 0.209. The molecule has 0 amide bonds. The molecule has 1 heterocycles. The minimum absolute atomic E-state index is 0.209. The summed E-state index contributed by atoms with van der Waals surface area (Å²) in [6, 6.07) is 17.5. The SMILES string of the molecule is CCNC(c1cccc(C)c1)c1cccc2cnccc12. The van der Waals surface area contributed by atoms with Crippen LogP contribution in [0.25, 0.3) is 10.8 Å². The quantitative estimate of drug-likeness (QED) is 0.771. The molecule has 2 heteroatoms. The van der Waals surface area contributed by atoms with E-state index in [1.807, 2.05) is 12.4 Å². The third kappa shape index (κ3) is 2.81. The average Bonchev–Trinajstić information content (AvgIpc) is 2.52. The van der Waals surface area contributed by atoms with Crippen molar-refractivity contribution < 1.29 is 0 Å². The second-order valence-corrected chi connectivity index (χ2v) is 5.35. The number of hydrogen-bond acceptors (Lipinski definition) is 2. The normalized spacial score (nSPS) is 12.5. The second kappa shape index (κ2) is 6.06. The summed E-state index contributed by atoms with van der Waals surface area (Å²) in [5.74, 6) is 0. The average molecular weight is 276 g/mol. The van der Waals surface area contributed by atoms with Crippen LogP contribution in [0.3, 0.4) is 0 Å². The van der Waals surface area contributed by atoms with Gasteiger partial charge in [0.15, 0.2) is 0 Å². The van der Waals surface area contributed by atoms with E-state index in [1.54, 1.807) is 0 Å². The van der Waals surface area contributed by atoms with E-state index in [-0.39, 0.29) is 6.04 Å². The van der Waals surface area contributed by atoms with E-state index >= 15 is 0 Å². The Kier molecular flexibility index (Phi) is 3.98. The molecule has 3 aromatic rings. The van der Waals surface area contributed by atoms with Crippen molar-refractivity contribution in [3.05, 3.63) is 77.6 Å². The van der Waals surface area contributed by atoms with E-state index in [4.69, 9.17) is 0 Å². The summed E-state index contributed by atoms with van der Waals surface area (Å²) in [5, 5.41) is 6.06. The largest absolute Gasteiger partial charge is 0.307 e. The fourth-order valence-corrected chi connectivity index (χ4v) is 2.86. The molecule has 1 atom stereocenters. The van der Waals surface area contributed by atoms with Crippen molar-refractivity contribution >= 4 is 10.8 Å². The Hall–Kier alpha value is -2.19. The highest BCUT2D eigenvalue weighted by atomic mass is 14.9. The maximum absolute atomic E-state index is 4.23. The molecular weight excluding hydrogens is 256 g/mol. The molecule has 0 fully saturated rings. The van der Waals surface area contributed by atoms with E-state index in [0.29, 0.717) is 0 Å². The summed E-state index contributed by atoms with van der Waals surface area (Å²) in [6.07, 6.45) is 3.79. The van der Waals surface area contributed by atoms with Gasteiger partial charge >= 0.3 is 0 Å². The molecule has 0 aliphatic carbocycles. The lowest BCUT2D eigenvalue weighted by atomic mass is 9.93. The first-order valence-electron chi connectivity index (χ1n) is 7.42. The van der Waals surface area contributed by atoms with Crippen molar-refractivity contribution in [2.45, 2.75) is 19.9 Å². The van der Waals surface area contributed by atoms with Crippen LogP contribution in [-0.2, 0) is 0 Å². The highest BCUT2D eigenvalue weighted by Crippen LogP contribution is 2.28. The Morgan fingerprint density at radius 3 is 2.76 bits per heavy atom. The van der Waals surface area contributed by atoms with Crippen LogP contribution in [-0.4, -0.2) is 11.5 Å². The Labute approximate surface area is 125 Å². The van der Waals surface area contributed by atoms with Crippen LogP contribution < -0.4 is 5.32 Å². The summed E-state index contributed by atoms with van der Waals surface area (Å²) in [7, 11) is 0. The lowest BCUT2D eigenvalue weighted by Gasteiger charge is -2.21. The number of pyridine rings is 1. The van der Waals surface area contributed by atoms with E-state index in [0.717, 1.165) is 6.54 Å². The molecule has 0 radical (unpaired) electrons. The van der Waals surface area contributed by atoms with Crippen LogP contribution in [0.5, 0.6) is 0 Å². The molecule has 1 unspecified atom stereocenters. The van der Waals surface area contributed by atoms with Gasteiger partial charge in [-0.1, -0.05) is 55.0 Å². The molecule has 0 bridgehead atoms. The van der Waals surface area contributed by atoms with Gasteiger partial charge in [0.05, 0.1) is 6.04 Å². The van der Waals surface area contributed by atoms with Crippen LogP contribution in [0.4, 0.5) is 0 Å². The Morgan fingerprint density at radius 2 is 1.95 bits per heavy atom. The molecule has 2 aromatic carbocycles. The first-order valence-corrected chi connectivity index (χ1v) is 7.42. The molecule has 3 rings (SSSR count). The molecule has 0 saturated carbocycles. The van der Waals surface area contributed by atoms with Crippen LogP contribution in [0, 0.1) is 6.92 Å². The van der Waals surface area contributed by atoms with Gasteiger partial charge in [0.25, 0.3) is 0 Å². The van der Waals surface area contributed by atoms with Gasteiger partial charge < -0.3 is 5.32 Å². The van der Waals surface area contributed by atoms with Gasteiger partial charge in [-0.25, -0.2) is 0 Å². The smallest absolute Gasteiger partial charge is 0.0582 e. The zero-order chi connectivity index (χ0) is 14.7. The molecule has 21 heavy (non-hydrogen) atoms. The molecule has 2 nitrogen and oxygen atoms in total. The zero-order valence-corrected chi connectivity index (χ0v) is 12.5. The number of nitrogens with one attached hydrogen (secondary N) is 1. The molecule has 1 aromatic heterocycles. The number of nitrogens with zero attached hydrogens (tertiary/aromatic N) is 1. The number of hydrogen-bond donors (Lipinski definition) is 1. The number of aromatic nitrogens is 1. The van der Waals surface area contributed by atoms with Gasteiger partial charge in [0, 0.05) is 17.8 Å². The minimum Gasteiger partial charge on any atom is -0.307 e. The fraction of sp³-hybridized carbons (Fsp3) is 0.211. The predicted octanol–water partition coefficient (Wildman–Crippen LogP) is 4.24. The number of benzene rings is 2. The van der Waals surface area contributed by atoms with E-state index in [1.165, 1.54) is 27.5 Å². The lowest BCUT2D eigenvalue weighted by molar-refractivity contribution is 0.634.